The molecule has 0 aliphatic heterocycles. The Kier molecular flexibility index (Phi) is 7.57. The van der Waals surface area contributed by atoms with Crippen LogP contribution in [0.15, 0.2) is 12.2 Å². The number of carbonyl (C=O) groups is 2. The second-order valence-electron chi connectivity index (χ2n) is 7.45. The first-order valence-electron chi connectivity index (χ1n) is 7.67. The first-order valence-corrected chi connectivity index (χ1v) is 7.67. The van der Waals surface area contributed by atoms with E-state index in [4.69, 9.17) is 15.2 Å². The SMILES string of the molecule is C[C@H](N)/C=C\[C@@H](C)N(NC(=O)OC(C)(C)C)C(=O)OC(C)(C)C. The molecular weight excluding hydrogens is 298 g/mol. The van der Waals surface area contributed by atoms with Gasteiger partial charge in [-0.15, -0.1) is 0 Å². The van der Waals surface area contributed by atoms with Crippen molar-refractivity contribution >= 4 is 12.2 Å². The van der Waals surface area contributed by atoms with E-state index < -0.39 is 29.4 Å². The number of hydrogen-bond acceptors (Lipinski definition) is 5. The van der Waals surface area contributed by atoms with Crippen LogP contribution in [0.5, 0.6) is 0 Å². The summed E-state index contributed by atoms with van der Waals surface area (Å²) in [4.78, 5) is 24.3. The predicted octanol–water partition coefficient (Wildman–Crippen LogP) is 2.96. The maximum absolute atomic E-state index is 12.3. The summed E-state index contributed by atoms with van der Waals surface area (Å²) in [6, 6.07) is -0.622. The van der Waals surface area contributed by atoms with Gasteiger partial charge in [-0.3, -0.25) is 0 Å². The molecule has 0 saturated heterocycles. The Morgan fingerprint density at radius 2 is 1.48 bits per heavy atom. The Morgan fingerprint density at radius 1 is 1.00 bits per heavy atom. The van der Waals surface area contributed by atoms with Gasteiger partial charge >= 0.3 is 12.2 Å². The van der Waals surface area contributed by atoms with Gasteiger partial charge in [-0.05, 0) is 55.4 Å². The number of carbonyl (C=O) groups excluding carboxylic acids is 2. The van der Waals surface area contributed by atoms with Crippen LogP contribution in [0.3, 0.4) is 0 Å². The molecule has 2 atom stereocenters. The number of rotatable bonds is 3. The summed E-state index contributed by atoms with van der Waals surface area (Å²) < 4.78 is 10.5. The average Bonchev–Trinajstić information content (AvgIpc) is 2.28. The molecule has 0 unspecified atom stereocenters. The molecule has 23 heavy (non-hydrogen) atoms. The van der Waals surface area contributed by atoms with Crippen molar-refractivity contribution in [2.75, 3.05) is 0 Å². The molecule has 0 heterocycles. The topological polar surface area (TPSA) is 93.9 Å². The molecule has 0 rings (SSSR count). The zero-order valence-electron chi connectivity index (χ0n) is 15.5. The van der Waals surface area contributed by atoms with E-state index in [1.165, 1.54) is 0 Å². The quantitative estimate of drug-likeness (QED) is 0.613. The van der Waals surface area contributed by atoms with Crippen LogP contribution in [-0.4, -0.2) is 40.5 Å². The lowest BCUT2D eigenvalue weighted by atomic mass is 10.2. The molecular formula is C16H31N3O4. The van der Waals surface area contributed by atoms with Gasteiger partial charge in [-0.25, -0.2) is 20.0 Å². The van der Waals surface area contributed by atoms with E-state index in [0.717, 1.165) is 5.01 Å². The summed E-state index contributed by atoms with van der Waals surface area (Å²) in [6.45, 7) is 14.0. The largest absolute Gasteiger partial charge is 0.443 e. The molecule has 3 N–H and O–H groups in total. The van der Waals surface area contributed by atoms with E-state index in [0.29, 0.717) is 0 Å². The molecule has 134 valence electrons. The van der Waals surface area contributed by atoms with Crippen LogP contribution in [0.25, 0.3) is 0 Å². The maximum atomic E-state index is 12.3. The number of nitrogens with zero attached hydrogens (tertiary/aromatic N) is 1. The van der Waals surface area contributed by atoms with Crippen molar-refractivity contribution < 1.29 is 19.1 Å². The molecule has 7 nitrogen and oxygen atoms in total. The molecule has 0 aromatic heterocycles. The molecule has 7 heteroatoms. The summed E-state index contributed by atoms with van der Waals surface area (Å²) in [7, 11) is 0. The van der Waals surface area contributed by atoms with Crippen molar-refractivity contribution in [3.05, 3.63) is 12.2 Å². The Morgan fingerprint density at radius 3 is 1.87 bits per heavy atom. The molecule has 0 aromatic carbocycles. The maximum Gasteiger partial charge on any atom is 0.429 e. The van der Waals surface area contributed by atoms with Crippen LogP contribution in [0.2, 0.25) is 0 Å². The zero-order valence-corrected chi connectivity index (χ0v) is 15.5. The molecule has 0 aliphatic rings. The van der Waals surface area contributed by atoms with Gasteiger partial charge in [0.05, 0.1) is 6.04 Å². The smallest absolute Gasteiger partial charge is 0.429 e. The normalized spacial score (nSPS) is 15.0. The fraction of sp³-hybridized carbons (Fsp3) is 0.750. The van der Waals surface area contributed by atoms with Gasteiger partial charge in [0.1, 0.15) is 11.2 Å². The third kappa shape index (κ3) is 10.6. The highest BCUT2D eigenvalue weighted by molar-refractivity contribution is 5.74. The second kappa shape index (κ2) is 8.19. The third-order valence-electron chi connectivity index (χ3n) is 2.30. The van der Waals surface area contributed by atoms with Gasteiger partial charge < -0.3 is 15.2 Å². The Balaban J connectivity index is 5.14. The summed E-state index contributed by atoms with van der Waals surface area (Å²) in [5, 5.41) is 1.08. The Bertz CT molecular complexity index is 434. The average molecular weight is 329 g/mol. The van der Waals surface area contributed by atoms with E-state index in [9.17, 15) is 9.59 Å². The first-order chi connectivity index (χ1) is 10.2. The van der Waals surface area contributed by atoms with Crippen LogP contribution >= 0.6 is 0 Å². The fourth-order valence-corrected chi connectivity index (χ4v) is 1.45. The lowest BCUT2D eigenvalue weighted by Gasteiger charge is -2.31. The highest BCUT2D eigenvalue weighted by atomic mass is 16.6. The van der Waals surface area contributed by atoms with Crippen LogP contribution in [-0.2, 0) is 9.47 Å². The molecule has 2 amide bonds. The van der Waals surface area contributed by atoms with Crippen molar-refractivity contribution in [3.8, 4) is 0 Å². The van der Waals surface area contributed by atoms with Crippen LogP contribution in [0.4, 0.5) is 9.59 Å². The number of nitrogens with two attached hydrogens (primary N) is 1. The summed E-state index contributed by atoms with van der Waals surface area (Å²) in [5.41, 5.74) is 6.74. The molecule has 0 aromatic rings. The minimum Gasteiger partial charge on any atom is -0.443 e. The van der Waals surface area contributed by atoms with Crippen molar-refractivity contribution in [1.29, 1.82) is 0 Å². The van der Waals surface area contributed by atoms with Gasteiger partial charge in [0.15, 0.2) is 0 Å². The number of ether oxygens (including phenoxy) is 2. The molecule has 0 fully saturated rings. The molecule has 0 spiro atoms. The lowest BCUT2D eigenvalue weighted by Crippen LogP contribution is -2.53. The molecule has 0 bridgehead atoms. The van der Waals surface area contributed by atoms with Gasteiger partial charge in [0.25, 0.3) is 0 Å². The first kappa shape index (κ1) is 21.2. The molecule has 0 aliphatic carbocycles. The van der Waals surface area contributed by atoms with Gasteiger partial charge in [0, 0.05) is 6.04 Å². The second-order valence-corrected chi connectivity index (χ2v) is 7.45. The van der Waals surface area contributed by atoms with E-state index in [1.807, 2.05) is 6.92 Å². The summed E-state index contributed by atoms with van der Waals surface area (Å²) in [6.07, 6.45) is 2.04. The van der Waals surface area contributed by atoms with E-state index in [2.05, 4.69) is 5.43 Å². The number of hydrazine groups is 1. The van der Waals surface area contributed by atoms with E-state index >= 15 is 0 Å². The van der Waals surface area contributed by atoms with Crippen molar-refractivity contribution in [2.45, 2.75) is 78.7 Å². The Hall–Kier alpha value is -1.76. The molecule has 0 radical (unpaired) electrons. The number of hydrogen-bond donors (Lipinski definition) is 2. The van der Waals surface area contributed by atoms with Crippen molar-refractivity contribution in [1.82, 2.24) is 10.4 Å². The highest BCUT2D eigenvalue weighted by Crippen LogP contribution is 2.12. The van der Waals surface area contributed by atoms with Gasteiger partial charge in [-0.1, -0.05) is 12.2 Å². The van der Waals surface area contributed by atoms with Crippen molar-refractivity contribution in [2.24, 2.45) is 5.73 Å². The number of amides is 2. The van der Waals surface area contributed by atoms with Gasteiger partial charge in [0.2, 0.25) is 0 Å². The fourth-order valence-electron chi connectivity index (χ4n) is 1.45. The standard InChI is InChI=1S/C16H31N3O4/c1-11(17)9-10-12(2)19(14(21)23-16(6,7)8)18-13(20)22-15(3,4)5/h9-12H,17H2,1-8H3,(H,18,20)/b10-9-/t11-,12+/m0/s1. The summed E-state index contributed by atoms with van der Waals surface area (Å²) >= 11 is 0. The lowest BCUT2D eigenvalue weighted by molar-refractivity contribution is -0.00340. The van der Waals surface area contributed by atoms with Crippen molar-refractivity contribution in [3.63, 3.8) is 0 Å². The minimum absolute atomic E-state index is 0.167. The van der Waals surface area contributed by atoms with Gasteiger partial charge in [-0.2, -0.15) is 0 Å². The Labute approximate surface area is 139 Å². The zero-order chi connectivity index (χ0) is 18.4. The van der Waals surface area contributed by atoms with Crippen LogP contribution < -0.4 is 11.2 Å². The predicted molar refractivity (Wildman–Crippen MR) is 89.7 cm³/mol. The number of nitrogens with one attached hydrogen (secondary N) is 1. The van der Waals surface area contributed by atoms with E-state index in [1.54, 1.807) is 60.6 Å². The van der Waals surface area contributed by atoms with Crippen LogP contribution in [0, 0.1) is 0 Å². The monoisotopic (exact) mass is 329 g/mol. The van der Waals surface area contributed by atoms with E-state index in [-0.39, 0.29) is 6.04 Å². The molecule has 0 saturated carbocycles. The summed E-state index contributed by atoms with van der Waals surface area (Å²) in [5.74, 6) is 0. The van der Waals surface area contributed by atoms with Crippen LogP contribution in [0.1, 0.15) is 55.4 Å². The minimum atomic E-state index is -0.732. The highest BCUT2D eigenvalue weighted by Gasteiger charge is 2.28. The third-order valence-corrected chi connectivity index (χ3v) is 2.30.